The van der Waals surface area contributed by atoms with E-state index in [1.807, 2.05) is 0 Å². The van der Waals surface area contributed by atoms with Crippen LogP contribution in [0.5, 0.6) is 0 Å². The fraction of sp³-hybridized carbons (Fsp3) is 0.857. The van der Waals surface area contributed by atoms with Gasteiger partial charge in [0.2, 0.25) is 0 Å². The van der Waals surface area contributed by atoms with Gasteiger partial charge in [-0.2, -0.15) is 0 Å². The number of rotatable bonds is 0. The lowest BCUT2D eigenvalue weighted by atomic mass is 10.0. The Labute approximate surface area is 55.2 Å². The average molecular weight is 124 g/mol. The monoisotopic (exact) mass is 124 g/mol. The van der Waals surface area contributed by atoms with Crippen LogP contribution in [-0.2, 0) is 0 Å². The van der Waals surface area contributed by atoms with Crippen molar-refractivity contribution < 1.29 is 0 Å². The predicted octanol–water partition coefficient (Wildman–Crippen LogP) is 0.424. The zero-order valence-corrected chi connectivity index (χ0v) is 5.46. The summed E-state index contributed by atoms with van der Waals surface area (Å²) in [6.45, 7) is 1.04. The lowest BCUT2D eigenvalue weighted by molar-refractivity contribution is 0.530. The zero-order chi connectivity index (χ0) is 6.27. The number of nitrogens with zero attached hydrogens (tertiary/aromatic N) is 1. The van der Waals surface area contributed by atoms with Gasteiger partial charge in [-0.05, 0) is 24.7 Å². The molecule has 0 aromatic rings. The molecule has 0 saturated heterocycles. The largest absolute Gasteiger partial charge is 0.328 e. The van der Waals surface area contributed by atoms with Crippen LogP contribution < -0.4 is 5.73 Å². The molecular formula is C7H12N2. The third-order valence-electron chi connectivity index (χ3n) is 2.42. The fourth-order valence-electron chi connectivity index (χ4n) is 1.93. The second-order valence-electron chi connectivity index (χ2n) is 3.17. The number of hydrogen-bond acceptors (Lipinski definition) is 2. The zero-order valence-electron chi connectivity index (χ0n) is 5.46. The van der Waals surface area contributed by atoms with Gasteiger partial charge in [0.05, 0.1) is 0 Å². The van der Waals surface area contributed by atoms with Crippen molar-refractivity contribution in [2.45, 2.75) is 18.9 Å². The quantitative estimate of drug-likeness (QED) is 0.499. The molecule has 1 aliphatic carbocycles. The smallest absolute Gasteiger partial charge is 0.0420 e. The lowest BCUT2D eigenvalue weighted by Crippen LogP contribution is -2.15. The van der Waals surface area contributed by atoms with Crippen LogP contribution in [0.3, 0.4) is 0 Å². The second kappa shape index (κ2) is 1.81. The van der Waals surface area contributed by atoms with Crippen LogP contribution in [0.25, 0.3) is 0 Å². The highest BCUT2D eigenvalue weighted by Gasteiger charge is 2.33. The van der Waals surface area contributed by atoms with Crippen molar-refractivity contribution in [3.8, 4) is 0 Å². The van der Waals surface area contributed by atoms with Crippen LogP contribution in [0.15, 0.2) is 4.99 Å². The van der Waals surface area contributed by atoms with Gasteiger partial charge in [-0.25, -0.2) is 0 Å². The van der Waals surface area contributed by atoms with Gasteiger partial charge < -0.3 is 5.73 Å². The molecule has 0 radical (unpaired) electrons. The van der Waals surface area contributed by atoms with Crippen LogP contribution in [0.4, 0.5) is 0 Å². The highest BCUT2D eigenvalue weighted by Crippen LogP contribution is 2.32. The summed E-state index contributed by atoms with van der Waals surface area (Å²) < 4.78 is 0. The molecule has 2 aliphatic rings. The first-order chi connectivity index (χ1) is 4.36. The van der Waals surface area contributed by atoms with Crippen molar-refractivity contribution >= 4 is 6.21 Å². The molecule has 0 amide bonds. The molecule has 2 N–H and O–H groups in total. The van der Waals surface area contributed by atoms with Crippen LogP contribution in [-0.4, -0.2) is 18.8 Å². The highest BCUT2D eigenvalue weighted by molar-refractivity contribution is 5.64. The Balaban J connectivity index is 2.08. The van der Waals surface area contributed by atoms with E-state index in [0.29, 0.717) is 6.04 Å². The normalized spacial score (nSPS) is 47.9. The Morgan fingerprint density at radius 2 is 2.33 bits per heavy atom. The van der Waals surface area contributed by atoms with Gasteiger partial charge in [0.15, 0.2) is 0 Å². The lowest BCUT2D eigenvalue weighted by Gasteiger charge is -2.02. The van der Waals surface area contributed by atoms with E-state index in [-0.39, 0.29) is 0 Å². The third kappa shape index (κ3) is 0.778. The first kappa shape index (κ1) is 5.42. The SMILES string of the molecule is NC1CC2C=NCC2C1. The summed E-state index contributed by atoms with van der Waals surface area (Å²) in [7, 11) is 0. The summed E-state index contributed by atoms with van der Waals surface area (Å²) in [5, 5.41) is 0. The minimum Gasteiger partial charge on any atom is -0.328 e. The molecule has 3 atom stereocenters. The van der Waals surface area contributed by atoms with Crippen LogP contribution >= 0.6 is 0 Å². The summed E-state index contributed by atoms with van der Waals surface area (Å²) >= 11 is 0. The van der Waals surface area contributed by atoms with Crippen LogP contribution in [0.1, 0.15) is 12.8 Å². The van der Waals surface area contributed by atoms with Crippen molar-refractivity contribution in [2.75, 3.05) is 6.54 Å². The topological polar surface area (TPSA) is 38.4 Å². The van der Waals surface area contributed by atoms with Crippen LogP contribution in [0.2, 0.25) is 0 Å². The van der Waals surface area contributed by atoms with Gasteiger partial charge in [-0.1, -0.05) is 0 Å². The Kier molecular flexibility index (Phi) is 1.09. The molecule has 50 valence electrons. The maximum atomic E-state index is 5.76. The van der Waals surface area contributed by atoms with Crippen molar-refractivity contribution in [1.29, 1.82) is 0 Å². The average Bonchev–Trinajstić information content (AvgIpc) is 2.22. The molecule has 0 bridgehead atoms. The Morgan fingerprint density at radius 3 is 3.11 bits per heavy atom. The highest BCUT2D eigenvalue weighted by atomic mass is 14.8. The molecule has 1 saturated carbocycles. The third-order valence-corrected chi connectivity index (χ3v) is 2.42. The van der Waals surface area contributed by atoms with Crippen molar-refractivity contribution in [3.05, 3.63) is 0 Å². The summed E-state index contributed by atoms with van der Waals surface area (Å²) in [6.07, 6.45) is 4.47. The van der Waals surface area contributed by atoms with E-state index in [0.717, 1.165) is 18.4 Å². The van der Waals surface area contributed by atoms with E-state index in [4.69, 9.17) is 5.73 Å². The van der Waals surface area contributed by atoms with E-state index in [1.54, 1.807) is 0 Å². The van der Waals surface area contributed by atoms with Crippen molar-refractivity contribution in [2.24, 2.45) is 22.6 Å². The molecule has 2 rings (SSSR count). The van der Waals surface area contributed by atoms with Gasteiger partial charge in [0, 0.05) is 18.8 Å². The number of nitrogens with two attached hydrogens (primary N) is 1. The molecule has 3 unspecified atom stereocenters. The number of hydrogen-bond donors (Lipinski definition) is 1. The maximum absolute atomic E-state index is 5.76. The van der Waals surface area contributed by atoms with Gasteiger partial charge in [0.25, 0.3) is 0 Å². The molecule has 0 spiro atoms. The van der Waals surface area contributed by atoms with E-state index < -0.39 is 0 Å². The second-order valence-corrected chi connectivity index (χ2v) is 3.17. The van der Waals surface area contributed by atoms with E-state index in [9.17, 15) is 0 Å². The first-order valence-electron chi connectivity index (χ1n) is 3.62. The Morgan fingerprint density at radius 1 is 1.44 bits per heavy atom. The van der Waals surface area contributed by atoms with E-state index in [1.165, 1.54) is 12.8 Å². The molecule has 1 aliphatic heterocycles. The van der Waals surface area contributed by atoms with Crippen LogP contribution in [0, 0.1) is 11.8 Å². The fourth-order valence-corrected chi connectivity index (χ4v) is 1.93. The van der Waals surface area contributed by atoms with Gasteiger partial charge in [-0.3, -0.25) is 4.99 Å². The van der Waals surface area contributed by atoms with Gasteiger partial charge in [-0.15, -0.1) is 0 Å². The van der Waals surface area contributed by atoms with Gasteiger partial charge in [0.1, 0.15) is 0 Å². The predicted molar refractivity (Wildman–Crippen MR) is 37.5 cm³/mol. The first-order valence-corrected chi connectivity index (χ1v) is 3.62. The van der Waals surface area contributed by atoms with E-state index in [2.05, 4.69) is 11.2 Å². The molecule has 0 aromatic heterocycles. The van der Waals surface area contributed by atoms with Crippen molar-refractivity contribution in [1.82, 2.24) is 0 Å². The van der Waals surface area contributed by atoms with Crippen molar-refractivity contribution in [3.63, 3.8) is 0 Å². The summed E-state index contributed by atoms with van der Waals surface area (Å²) in [5.74, 6) is 1.54. The summed E-state index contributed by atoms with van der Waals surface area (Å²) in [5.41, 5.74) is 5.76. The number of aliphatic imine (C=N–C) groups is 1. The summed E-state index contributed by atoms with van der Waals surface area (Å²) in [4.78, 5) is 4.22. The standard InChI is InChI=1S/C7H12N2/c8-7-1-5-3-9-4-6(5)2-7/h3,5-7H,1-2,4,8H2. The minimum absolute atomic E-state index is 0.465. The summed E-state index contributed by atoms with van der Waals surface area (Å²) in [6, 6.07) is 0.465. The Hall–Kier alpha value is -0.370. The maximum Gasteiger partial charge on any atom is 0.0420 e. The molecule has 9 heavy (non-hydrogen) atoms. The number of fused-ring (bicyclic) bond motifs is 1. The molecule has 1 fully saturated rings. The molecule has 0 aromatic carbocycles. The minimum atomic E-state index is 0.465. The molecule has 2 heteroatoms. The Bertz CT molecular complexity index is 142. The molecule has 2 nitrogen and oxygen atoms in total. The molecular weight excluding hydrogens is 112 g/mol. The van der Waals surface area contributed by atoms with Gasteiger partial charge >= 0.3 is 0 Å². The molecule has 1 heterocycles. The van der Waals surface area contributed by atoms with E-state index >= 15 is 0 Å².